The Bertz CT molecular complexity index is 2000. The quantitative estimate of drug-likeness (QED) is 0.288. The highest BCUT2D eigenvalue weighted by Crippen LogP contribution is 2.40. The highest BCUT2D eigenvalue weighted by Gasteiger charge is 2.46. The van der Waals surface area contributed by atoms with Gasteiger partial charge in [0.15, 0.2) is 0 Å². The fourth-order valence-electron chi connectivity index (χ4n) is 7.14. The summed E-state index contributed by atoms with van der Waals surface area (Å²) in [5.41, 5.74) is 4.51. The molecule has 13 heteroatoms. The molecular formula is C37H43N7O5S. The molecule has 0 aliphatic carbocycles. The molecule has 50 heavy (non-hydrogen) atoms. The molecule has 1 amide bonds. The molecule has 4 bridgehead atoms. The molecule has 1 spiro atoms. The number of nitrogens with one attached hydrogen (secondary N) is 1. The van der Waals surface area contributed by atoms with E-state index in [4.69, 9.17) is 19.4 Å². The second kappa shape index (κ2) is 12.9. The molecule has 7 rings (SSSR count). The van der Waals surface area contributed by atoms with Crippen molar-refractivity contribution in [1.29, 1.82) is 0 Å². The van der Waals surface area contributed by atoms with Crippen molar-refractivity contribution >= 4 is 27.6 Å². The van der Waals surface area contributed by atoms with Gasteiger partial charge in [0.05, 0.1) is 47.9 Å². The van der Waals surface area contributed by atoms with Crippen LogP contribution in [0.5, 0.6) is 5.88 Å². The average molecular weight is 698 g/mol. The Kier molecular flexibility index (Phi) is 8.75. The van der Waals surface area contributed by atoms with Gasteiger partial charge in [-0.05, 0) is 61.4 Å². The minimum atomic E-state index is -4.18. The van der Waals surface area contributed by atoms with Crippen molar-refractivity contribution < 1.29 is 22.7 Å². The van der Waals surface area contributed by atoms with Gasteiger partial charge >= 0.3 is 0 Å². The van der Waals surface area contributed by atoms with Crippen LogP contribution in [-0.2, 0) is 21.3 Å². The Hall–Kier alpha value is -4.62. The number of rotatable bonds is 5. The van der Waals surface area contributed by atoms with Gasteiger partial charge in [-0.1, -0.05) is 45.0 Å². The maximum atomic E-state index is 14.5. The number of aromatic nitrogens is 4. The monoisotopic (exact) mass is 697 g/mol. The molecule has 0 radical (unpaired) electrons. The number of hydrogen-bond donors (Lipinski definition) is 1. The number of anilines is 2. The van der Waals surface area contributed by atoms with Crippen LogP contribution >= 0.6 is 0 Å². The number of benzene rings is 2. The fraction of sp³-hybridized carbons (Fsp3) is 0.432. The minimum absolute atomic E-state index is 0.0842. The zero-order valence-corrected chi connectivity index (χ0v) is 30.0. The Morgan fingerprint density at radius 3 is 2.40 bits per heavy atom. The summed E-state index contributed by atoms with van der Waals surface area (Å²) in [6.07, 6.45) is 5.26. The number of amides is 1. The van der Waals surface area contributed by atoms with Crippen LogP contribution in [0.4, 0.5) is 11.6 Å². The van der Waals surface area contributed by atoms with E-state index >= 15 is 0 Å². The molecule has 3 aliphatic rings. The van der Waals surface area contributed by atoms with Crippen LogP contribution in [0.25, 0.3) is 11.3 Å². The predicted octanol–water partition coefficient (Wildman–Crippen LogP) is 5.42. The zero-order chi connectivity index (χ0) is 35.3. The van der Waals surface area contributed by atoms with Crippen molar-refractivity contribution in [2.45, 2.75) is 64.9 Å². The Morgan fingerprint density at radius 2 is 1.72 bits per heavy atom. The van der Waals surface area contributed by atoms with E-state index in [1.165, 1.54) is 12.1 Å². The van der Waals surface area contributed by atoms with Gasteiger partial charge < -0.3 is 19.3 Å². The molecule has 2 aromatic carbocycles. The van der Waals surface area contributed by atoms with Crippen LogP contribution in [0.1, 0.15) is 60.9 Å². The van der Waals surface area contributed by atoms with E-state index in [9.17, 15) is 13.2 Å². The highest BCUT2D eigenvalue weighted by molar-refractivity contribution is 7.92. The van der Waals surface area contributed by atoms with E-state index in [2.05, 4.69) is 40.4 Å². The minimum Gasteiger partial charge on any atom is -0.475 e. The molecule has 5 heterocycles. The second-order valence-corrected chi connectivity index (χ2v) is 16.7. The summed E-state index contributed by atoms with van der Waals surface area (Å²) in [6, 6.07) is 13.2. The van der Waals surface area contributed by atoms with Crippen LogP contribution in [0.15, 0.2) is 65.8 Å². The first-order chi connectivity index (χ1) is 23.8. The van der Waals surface area contributed by atoms with Crippen LogP contribution in [0.3, 0.4) is 0 Å². The first-order valence-corrected chi connectivity index (χ1v) is 18.4. The molecule has 1 N–H and O–H groups in total. The molecule has 4 aromatic rings. The number of aryl methyl sites for hydroxylation is 2. The molecule has 2 fully saturated rings. The third-order valence-corrected chi connectivity index (χ3v) is 11.0. The topological polar surface area (TPSA) is 140 Å². The highest BCUT2D eigenvalue weighted by atomic mass is 32.2. The number of ether oxygens (including phenoxy) is 2. The lowest BCUT2D eigenvalue weighted by Crippen LogP contribution is -2.57. The van der Waals surface area contributed by atoms with Crippen molar-refractivity contribution in [3.63, 3.8) is 0 Å². The normalized spacial score (nSPS) is 19.9. The van der Waals surface area contributed by atoms with Crippen LogP contribution in [-0.4, -0.2) is 78.1 Å². The summed E-state index contributed by atoms with van der Waals surface area (Å²) in [5.74, 6) is 0.180. The molecule has 0 unspecified atom stereocenters. The lowest BCUT2D eigenvalue weighted by Gasteiger charge is -2.48. The van der Waals surface area contributed by atoms with E-state index in [-0.39, 0.29) is 52.2 Å². The van der Waals surface area contributed by atoms with E-state index in [0.29, 0.717) is 17.9 Å². The molecule has 12 nitrogen and oxygen atoms in total. The number of carbonyl (C=O) groups is 1. The second-order valence-electron chi connectivity index (χ2n) is 15.0. The lowest BCUT2D eigenvalue weighted by atomic mass is 9.79. The number of hydrogen-bond acceptors (Lipinski definition) is 10. The number of fused-ring (bicyclic) bond motifs is 4. The van der Waals surface area contributed by atoms with Gasteiger partial charge in [0.25, 0.3) is 15.9 Å². The molecule has 1 atom stereocenters. The summed E-state index contributed by atoms with van der Waals surface area (Å²) in [4.78, 5) is 36.8. The zero-order valence-electron chi connectivity index (χ0n) is 29.1. The first-order valence-electron chi connectivity index (χ1n) is 16.9. The average Bonchev–Trinajstić information content (AvgIpc) is 3.55. The Balaban J connectivity index is 1.26. The Morgan fingerprint density at radius 1 is 1.00 bits per heavy atom. The van der Waals surface area contributed by atoms with Crippen molar-refractivity contribution in [2.75, 3.05) is 42.5 Å². The van der Waals surface area contributed by atoms with Crippen molar-refractivity contribution in [3.8, 4) is 17.1 Å². The van der Waals surface area contributed by atoms with E-state index < -0.39 is 16.1 Å². The van der Waals surface area contributed by atoms with Gasteiger partial charge in [0.2, 0.25) is 11.8 Å². The van der Waals surface area contributed by atoms with Gasteiger partial charge in [-0.3, -0.25) is 4.79 Å². The van der Waals surface area contributed by atoms with Gasteiger partial charge in [-0.2, -0.15) is 4.98 Å². The fourth-order valence-corrected chi connectivity index (χ4v) is 8.13. The van der Waals surface area contributed by atoms with Crippen LogP contribution in [0, 0.1) is 24.7 Å². The lowest BCUT2D eigenvalue weighted by molar-refractivity contribution is 0.0505. The third-order valence-electron chi connectivity index (χ3n) is 9.64. The third kappa shape index (κ3) is 7.02. The molecule has 0 saturated carbocycles. The summed E-state index contributed by atoms with van der Waals surface area (Å²) in [6.45, 7) is 13.9. The van der Waals surface area contributed by atoms with Crippen molar-refractivity contribution in [2.24, 2.45) is 10.8 Å². The molecular weight excluding hydrogens is 655 g/mol. The summed E-state index contributed by atoms with van der Waals surface area (Å²) in [7, 11) is -4.18. The van der Waals surface area contributed by atoms with Crippen molar-refractivity contribution in [3.05, 3.63) is 83.4 Å². The number of nitrogens with zero attached hydrogens (tertiary/aromatic N) is 6. The van der Waals surface area contributed by atoms with Gasteiger partial charge in [0.1, 0.15) is 12.4 Å². The van der Waals surface area contributed by atoms with Gasteiger partial charge in [0, 0.05) is 42.3 Å². The molecule has 262 valence electrons. The molecule has 3 aliphatic heterocycles. The maximum Gasteiger partial charge on any atom is 0.264 e. The largest absolute Gasteiger partial charge is 0.475 e. The van der Waals surface area contributed by atoms with Crippen molar-refractivity contribution in [1.82, 2.24) is 24.8 Å². The van der Waals surface area contributed by atoms with E-state index in [1.807, 2.05) is 44.4 Å². The van der Waals surface area contributed by atoms with E-state index in [1.54, 1.807) is 23.1 Å². The van der Waals surface area contributed by atoms with Gasteiger partial charge in [-0.15, -0.1) is 0 Å². The summed E-state index contributed by atoms with van der Waals surface area (Å²) < 4.78 is 41.9. The molecule has 2 saturated heterocycles. The predicted molar refractivity (Wildman–Crippen MR) is 190 cm³/mol. The van der Waals surface area contributed by atoms with Gasteiger partial charge in [-0.25, -0.2) is 28.1 Å². The summed E-state index contributed by atoms with van der Waals surface area (Å²) in [5, 5.41) is 0. The van der Waals surface area contributed by atoms with Crippen LogP contribution < -0.4 is 14.4 Å². The number of carbonyl (C=O) groups excluding carboxylic acids is 1. The first kappa shape index (κ1) is 33.9. The Labute approximate surface area is 293 Å². The SMILES string of the molecule is Cc1cccc(C)c1-c1cc2nc(n1)NS(=O)(=O)c1cccc(c1)C(=O)N(Cc1ncc(N3CC4(CCOC4)C3)cn1)[C@H](CC(C)(C)C)CO2. The standard InChI is InChI=1S/C37H43N7O5S/c1-24-8-6-9-25(2)33(24)30-15-32-41-35(40-30)42-50(46,47)29-11-7-10-26(14-29)34(45)44(27(20-49-32)16-36(3,4)5)19-31-38-17-28(18-39-31)43-21-37(22-43)12-13-48-23-37/h6-11,14-15,17-18,27H,12-13,16,19-23H2,1-5H3,(H,40,41,42)/t27-/m1/s1. The van der Waals surface area contributed by atoms with E-state index in [0.717, 1.165) is 55.1 Å². The van der Waals surface area contributed by atoms with Crippen LogP contribution in [0.2, 0.25) is 0 Å². The summed E-state index contributed by atoms with van der Waals surface area (Å²) >= 11 is 0. The smallest absolute Gasteiger partial charge is 0.264 e. The number of sulfonamides is 1. The molecule has 2 aromatic heterocycles. The maximum absolute atomic E-state index is 14.5.